The fraction of sp³-hybridized carbons (Fsp3) is 0.414. The lowest BCUT2D eigenvalue weighted by molar-refractivity contribution is -0.384. The van der Waals surface area contributed by atoms with Gasteiger partial charge in [0.2, 0.25) is 0 Å². The lowest BCUT2D eigenvalue weighted by atomic mass is 9.75. The van der Waals surface area contributed by atoms with Gasteiger partial charge in [-0.05, 0) is 24.6 Å². The van der Waals surface area contributed by atoms with Crippen LogP contribution in [-0.2, 0) is 23.8 Å². The molecule has 0 aromatic heterocycles. The average Bonchev–Trinajstić information content (AvgIpc) is 3.00. The molecule has 0 spiro atoms. The van der Waals surface area contributed by atoms with Crippen LogP contribution < -0.4 is 10.1 Å². The first-order valence-corrected chi connectivity index (χ1v) is 13.4. The number of non-ortho nitro benzene ring substituents is 1. The fourth-order valence-electron chi connectivity index (χ4n) is 4.49. The van der Waals surface area contributed by atoms with Gasteiger partial charge in [-0.2, -0.15) is 13.2 Å². The van der Waals surface area contributed by atoms with Crippen molar-refractivity contribution in [1.29, 1.82) is 0 Å². The van der Waals surface area contributed by atoms with E-state index in [1.54, 1.807) is 12.1 Å². The first-order valence-electron chi connectivity index (χ1n) is 13.4. The number of rotatable bonds is 15. The molecule has 0 saturated heterocycles. The van der Waals surface area contributed by atoms with Gasteiger partial charge in [-0.1, -0.05) is 30.3 Å². The third-order valence-electron chi connectivity index (χ3n) is 6.47. The summed E-state index contributed by atoms with van der Waals surface area (Å²) < 4.78 is 62.7. The Labute approximate surface area is 250 Å². The summed E-state index contributed by atoms with van der Waals surface area (Å²) in [5.74, 6) is -5.52. The number of nitrogens with one attached hydrogen (secondary N) is 1. The number of aliphatic hydroxyl groups excluding tert-OH is 1. The van der Waals surface area contributed by atoms with Crippen LogP contribution in [0.15, 0.2) is 70.9 Å². The molecule has 12 nitrogen and oxygen atoms in total. The molecule has 0 fully saturated rings. The number of nitrogens with zero attached hydrogens (tertiary/aromatic N) is 2. The van der Waals surface area contributed by atoms with Crippen molar-refractivity contribution in [3.8, 4) is 5.75 Å². The lowest BCUT2D eigenvalue weighted by Gasteiger charge is -2.32. The second-order valence-electron chi connectivity index (χ2n) is 9.55. The molecule has 3 unspecified atom stereocenters. The number of methoxy groups -OCH3 is 1. The molecule has 0 bridgehead atoms. The average molecular weight is 624 g/mol. The number of aliphatic imine (C=N–C) groups is 1. The number of esters is 2. The second kappa shape index (κ2) is 15.9. The molecule has 1 heterocycles. The molecular formula is C29H32F3N3O9. The highest BCUT2D eigenvalue weighted by atomic mass is 19.4. The normalized spacial score (nSPS) is 17.5. The van der Waals surface area contributed by atoms with Gasteiger partial charge in [0, 0.05) is 36.8 Å². The molecule has 1 aliphatic heterocycles. The van der Waals surface area contributed by atoms with Gasteiger partial charge in [0.15, 0.2) is 0 Å². The van der Waals surface area contributed by atoms with Crippen LogP contribution in [-0.4, -0.2) is 86.6 Å². The number of para-hydroxylation sites is 1. The van der Waals surface area contributed by atoms with Crippen LogP contribution in [0.25, 0.3) is 0 Å². The number of alkyl halides is 3. The zero-order valence-corrected chi connectivity index (χ0v) is 23.9. The smallest absolute Gasteiger partial charge is 0.430 e. The highest BCUT2D eigenvalue weighted by molar-refractivity contribution is 6.10. The van der Waals surface area contributed by atoms with Gasteiger partial charge in [-0.15, -0.1) is 0 Å². The molecule has 0 aliphatic carbocycles. The number of nitro groups is 1. The Bertz CT molecular complexity index is 1370. The van der Waals surface area contributed by atoms with Crippen molar-refractivity contribution in [3.63, 3.8) is 0 Å². The van der Waals surface area contributed by atoms with Gasteiger partial charge in [0.1, 0.15) is 36.7 Å². The molecule has 44 heavy (non-hydrogen) atoms. The summed E-state index contributed by atoms with van der Waals surface area (Å²) in [4.78, 5) is 40.0. The van der Waals surface area contributed by atoms with Crippen LogP contribution in [0.2, 0.25) is 0 Å². The highest BCUT2D eigenvalue weighted by Crippen LogP contribution is 2.44. The number of benzene rings is 2. The summed E-state index contributed by atoms with van der Waals surface area (Å²) in [6, 6.07) is 13.6. The Balaban J connectivity index is 1.61. The van der Waals surface area contributed by atoms with Crippen molar-refractivity contribution in [3.05, 3.63) is 81.5 Å². The number of halogens is 3. The quantitative estimate of drug-likeness (QED) is 0.130. The number of carbonyl (C=O) groups excluding carboxylic acids is 2. The van der Waals surface area contributed by atoms with Gasteiger partial charge in [0.25, 0.3) is 5.69 Å². The summed E-state index contributed by atoms with van der Waals surface area (Å²) in [5, 5.41) is 24.4. The number of allylic oxidation sites excluding steroid dienone is 1. The standard InChI is InChI=1S/C29H32F3N3O9/c1-18-23(28(38)43-14-13-42-12-11-33-16-21(36)17-44-22-9-4-3-5-10-22)24(19-7-6-8-20(15-19)35(39)40)25(27(37)41-2)26(34-18)29(30,31)32/h3-10,15,21,24-25,33,36H,11-14,16-17H2,1-2H3. The van der Waals surface area contributed by atoms with Gasteiger partial charge in [-0.3, -0.25) is 19.9 Å². The molecule has 0 saturated carbocycles. The molecule has 0 radical (unpaired) electrons. The molecule has 3 atom stereocenters. The second-order valence-corrected chi connectivity index (χ2v) is 9.55. The van der Waals surface area contributed by atoms with E-state index in [1.807, 2.05) is 18.2 Å². The van der Waals surface area contributed by atoms with Gasteiger partial charge in [0.05, 0.1) is 30.8 Å². The monoisotopic (exact) mass is 623 g/mol. The molecular weight excluding hydrogens is 591 g/mol. The summed E-state index contributed by atoms with van der Waals surface area (Å²) in [6.45, 7) is 1.66. The lowest BCUT2D eigenvalue weighted by Crippen LogP contribution is -2.43. The number of hydrogen-bond donors (Lipinski definition) is 2. The minimum absolute atomic E-state index is 0.0710. The molecule has 2 aromatic carbocycles. The Hall–Kier alpha value is -4.34. The number of hydrogen-bond acceptors (Lipinski definition) is 11. The Morgan fingerprint density at radius 2 is 1.84 bits per heavy atom. The van der Waals surface area contributed by atoms with Crippen LogP contribution in [0.1, 0.15) is 18.4 Å². The molecule has 3 rings (SSSR count). The molecule has 2 aromatic rings. The third-order valence-corrected chi connectivity index (χ3v) is 6.47. The van der Waals surface area contributed by atoms with Crippen molar-refractivity contribution in [1.82, 2.24) is 5.32 Å². The topological polar surface area (TPSA) is 159 Å². The number of nitro benzene ring substituents is 1. The predicted molar refractivity (Wildman–Crippen MR) is 150 cm³/mol. The minimum Gasteiger partial charge on any atom is -0.491 e. The van der Waals surface area contributed by atoms with E-state index in [-0.39, 0.29) is 49.8 Å². The fourth-order valence-corrected chi connectivity index (χ4v) is 4.49. The van der Waals surface area contributed by atoms with E-state index in [2.05, 4.69) is 15.0 Å². The van der Waals surface area contributed by atoms with E-state index >= 15 is 0 Å². The summed E-state index contributed by atoms with van der Waals surface area (Å²) >= 11 is 0. The van der Waals surface area contributed by atoms with E-state index in [1.165, 1.54) is 12.1 Å². The predicted octanol–water partition coefficient (Wildman–Crippen LogP) is 3.35. The molecule has 15 heteroatoms. The first-order chi connectivity index (χ1) is 20.9. The number of carbonyl (C=O) groups is 2. The largest absolute Gasteiger partial charge is 0.491 e. The zero-order chi connectivity index (χ0) is 32.3. The van der Waals surface area contributed by atoms with E-state index in [0.717, 1.165) is 26.2 Å². The minimum atomic E-state index is -5.07. The van der Waals surface area contributed by atoms with Crippen molar-refractivity contribution in [2.45, 2.75) is 25.1 Å². The van der Waals surface area contributed by atoms with Crippen molar-refractivity contribution >= 4 is 23.3 Å². The first kappa shape index (κ1) is 34.2. The SMILES string of the molecule is COC(=O)C1C(C(F)(F)F)=NC(C)=C(C(=O)OCCOCCNCC(O)COc2ccccc2)C1c1cccc([N+](=O)[O-])c1. The third kappa shape index (κ3) is 9.33. The number of aliphatic hydroxyl groups is 1. The Morgan fingerprint density at radius 3 is 2.50 bits per heavy atom. The highest BCUT2D eigenvalue weighted by Gasteiger charge is 2.52. The van der Waals surface area contributed by atoms with Crippen molar-refractivity contribution < 1.29 is 51.7 Å². The maximum absolute atomic E-state index is 14.0. The van der Waals surface area contributed by atoms with Crippen molar-refractivity contribution in [2.75, 3.05) is 46.6 Å². The van der Waals surface area contributed by atoms with Gasteiger partial charge < -0.3 is 29.4 Å². The van der Waals surface area contributed by atoms with Crippen LogP contribution in [0.5, 0.6) is 5.75 Å². The summed E-state index contributed by atoms with van der Waals surface area (Å²) in [5.41, 5.74) is -2.79. The molecule has 0 amide bonds. The van der Waals surface area contributed by atoms with Crippen LogP contribution in [0.4, 0.5) is 18.9 Å². The maximum atomic E-state index is 14.0. The van der Waals surface area contributed by atoms with E-state index in [4.69, 9.17) is 14.2 Å². The van der Waals surface area contributed by atoms with E-state index in [9.17, 15) is 38.0 Å². The summed E-state index contributed by atoms with van der Waals surface area (Å²) in [7, 11) is 0.884. The zero-order valence-electron chi connectivity index (χ0n) is 23.9. The van der Waals surface area contributed by atoms with Crippen molar-refractivity contribution in [2.24, 2.45) is 10.9 Å². The van der Waals surface area contributed by atoms with E-state index < -0.39 is 52.4 Å². The van der Waals surface area contributed by atoms with Gasteiger partial charge in [-0.25, -0.2) is 4.79 Å². The molecule has 238 valence electrons. The van der Waals surface area contributed by atoms with Gasteiger partial charge >= 0.3 is 18.1 Å². The van der Waals surface area contributed by atoms with E-state index in [0.29, 0.717) is 12.3 Å². The van der Waals surface area contributed by atoms with Crippen LogP contribution in [0, 0.1) is 16.0 Å². The number of ether oxygens (including phenoxy) is 4. The maximum Gasteiger partial charge on any atom is 0.430 e. The Kier molecular flexibility index (Phi) is 12.4. The Morgan fingerprint density at radius 1 is 1.11 bits per heavy atom. The molecule has 1 aliphatic rings. The van der Waals surface area contributed by atoms with Crippen LogP contribution in [0.3, 0.4) is 0 Å². The van der Waals surface area contributed by atoms with Crippen LogP contribution >= 0.6 is 0 Å². The summed E-state index contributed by atoms with van der Waals surface area (Å²) in [6.07, 6.45) is -5.84. The molecule has 2 N–H and O–H groups in total.